The molecular formula is C13H13Cl2NO3S2. The highest BCUT2D eigenvalue weighted by molar-refractivity contribution is 7.89. The quantitative estimate of drug-likeness (QED) is 0.883. The molecule has 2 rings (SSSR count). The van der Waals surface area contributed by atoms with E-state index in [1.165, 1.54) is 34.8 Å². The van der Waals surface area contributed by atoms with Crippen molar-refractivity contribution >= 4 is 44.6 Å². The molecule has 114 valence electrons. The Morgan fingerprint density at radius 1 is 1.24 bits per heavy atom. The maximum Gasteiger partial charge on any atom is 0.244 e. The molecule has 0 aliphatic heterocycles. The molecule has 0 amide bonds. The van der Waals surface area contributed by atoms with Gasteiger partial charge in [-0.25, -0.2) is 8.42 Å². The first-order chi connectivity index (χ1) is 9.84. The van der Waals surface area contributed by atoms with Crippen molar-refractivity contribution in [3.63, 3.8) is 0 Å². The largest absolute Gasteiger partial charge is 0.392 e. The molecule has 0 saturated heterocycles. The summed E-state index contributed by atoms with van der Waals surface area (Å²) in [7, 11) is -2.26. The van der Waals surface area contributed by atoms with Gasteiger partial charge in [-0.2, -0.15) is 4.31 Å². The van der Waals surface area contributed by atoms with Crippen molar-refractivity contribution in [1.82, 2.24) is 4.31 Å². The summed E-state index contributed by atoms with van der Waals surface area (Å²) in [6.07, 6.45) is 0. The first kappa shape index (κ1) is 16.7. The van der Waals surface area contributed by atoms with Crippen molar-refractivity contribution in [2.75, 3.05) is 7.05 Å². The number of rotatable bonds is 5. The highest BCUT2D eigenvalue weighted by Crippen LogP contribution is 2.28. The molecule has 0 bridgehead atoms. The normalized spacial score (nSPS) is 12.0. The van der Waals surface area contributed by atoms with Crippen molar-refractivity contribution in [2.24, 2.45) is 0 Å². The third kappa shape index (κ3) is 3.77. The van der Waals surface area contributed by atoms with Crippen LogP contribution in [0.1, 0.15) is 10.4 Å². The Bertz CT molecular complexity index is 744. The third-order valence-corrected chi connectivity index (χ3v) is 6.37. The topological polar surface area (TPSA) is 57.6 Å². The second-order valence-corrected chi connectivity index (χ2v) is 8.61. The smallest absolute Gasteiger partial charge is 0.244 e. The second kappa shape index (κ2) is 6.64. The number of hydrogen-bond donors (Lipinski definition) is 1. The molecule has 0 aliphatic carbocycles. The summed E-state index contributed by atoms with van der Waals surface area (Å²) < 4.78 is 26.9. The average molecular weight is 366 g/mol. The lowest BCUT2D eigenvalue weighted by Gasteiger charge is -2.17. The molecule has 1 aromatic carbocycles. The molecule has 2 aromatic rings. The fourth-order valence-electron chi connectivity index (χ4n) is 1.75. The van der Waals surface area contributed by atoms with Gasteiger partial charge in [0.25, 0.3) is 0 Å². The van der Waals surface area contributed by atoms with E-state index in [0.717, 1.165) is 4.88 Å². The standard InChI is InChI=1S/C13H13Cl2NO3S2/c1-16(7-10-3-5-13(15)20-10)21(18,19)12-6-9(8-17)2-4-11(12)14/h2-6,17H,7-8H2,1H3. The first-order valence-electron chi connectivity index (χ1n) is 5.94. The van der Waals surface area contributed by atoms with Crippen LogP contribution in [0.4, 0.5) is 0 Å². The Balaban J connectivity index is 2.32. The minimum absolute atomic E-state index is 0.0131. The molecule has 1 aromatic heterocycles. The predicted octanol–water partition coefficient (Wildman–Crippen LogP) is 3.37. The minimum Gasteiger partial charge on any atom is -0.392 e. The molecule has 21 heavy (non-hydrogen) atoms. The summed E-state index contributed by atoms with van der Waals surface area (Å²) in [5.41, 5.74) is 0.491. The zero-order chi connectivity index (χ0) is 15.6. The van der Waals surface area contributed by atoms with Crippen LogP contribution in [0.15, 0.2) is 35.2 Å². The SMILES string of the molecule is CN(Cc1ccc(Cl)s1)S(=O)(=O)c1cc(CO)ccc1Cl. The fraction of sp³-hybridized carbons (Fsp3) is 0.231. The molecule has 0 spiro atoms. The summed E-state index contributed by atoms with van der Waals surface area (Å²) in [6, 6.07) is 7.94. The molecule has 4 nitrogen and oxygen atoms in total. The lowest BCUT2D eigenvalue weighted by Crippen LogP contribution is -2.26. The number of sulfonamides is 1. The van der Waals surface area contributed by atoms with E-state index in [-0.39, 0.29) is 23.1 Å². The van der Waals surface area contributed by atoms with Crippen molar-refractivity contribution in [2.45, 2.75) is 18.0 Å². The minimum atomic E-state index is -3.74. The van der Waals surface area contributed by atoms with Crippen LogP contribution in [-0.4, -0.2) is 24.9 Å². The maximum atomic E-state index is 12.6. The summed E-state index contributed by atoms with van der Waals surface area (Å²) in [6.45, 7) is -0.0384. The Labute approximate surface area is 137 Å². The molecular weight excluding hydrogens is 353 g/mol. The summed E-state index contributed by atoms with van der Waals surface area (Å²) in [5, 5.41) is 9.26. The number of hydrogen-bond acceptors (Lipinski definition) is 4. The first-order valence-corrected chi connectivity index (χ1v) is 8.95. The predicted molar refractivity (Wildman–Crippen MR) is 85.4 cm³/mol. The van der Waals surface area contributed by atoms with Gasteiger partial charge in [0.05, 0.1) is 16.0 Å². The molecule has 8 heteroatoms. The van der Waals surface area contributed by atoms with E-state index in [2.05, 4.69) is 0 Å². The number of aliphatic hydroxyl groups is 1. The molecule has 1 N–H and O–H groups in total. The van der Waals surface area contributed by atoms with Crippen molar-refractivity contribution in [1.29, 1.82) is 0 Å². The Morgan fingerprint density at radius 3 is 2.52 bits per heavy atom. The molecule has 0 fully saturated rings. The number of thiophene rings is 1. The van der Waals surface area contributed by atoms with Crippen molar-refractivity contribution < 1.29 is 13.5 Å². The second-order valence-electron chi connectivity index (χ2n) is 4.39. The van der Waals surface area contributed by atoms with Crippen LogP contribution >= 0.6 is 34.5 Å². The molecule has 0 atom stereocenters. The van der Waals surface area contributed by atoms with Gasteiger partial charge in [0.2, 0.25) is 10.0 Å². The molecule has 0 aliphatic rings. The summed E-state index contributed by atoms with van der Waals surface area (Å²) in [4.78, 5) is 0.821. The van der Waals surface area contributed by atoms with Crippen LogP contribution in [0.3, 0.4) is 0 Å². The van der Waals surface area contributed by atoms with E-state index in [1.807, 2.05) is 0 Å². The number of aliphatic hydroxyl groups excluding tert-OH is 1. The van der Waals surface area contributed by atoms with Crippen molar-refractivity contribution in [3.8, 4) is 0 Å². The number of nitrogens with zero attached hydrogens (tertiary/aromatic N) is 1. The van der Waals surface area contributed by atoms with E-state index in [1.54, 1.807) is 18.2 Å². The lowest BCUT2D eigenvalue weighted by atomic mass is 10.2. The highest BCUT2D eigenvalue weighted by atomic mass is 35.5. The van der Waals surface area contributed by atoms with Gasteiger partial charge in [0.1, 0.15) is 4.90 Å². The lowest BCUT2D eigenvalue weighted by molar-refractivity contribution is 0.281. The van der Waals surface area contributed by atoms with E-state index in [4.69, 9.17) is 28.3 Å². The average Bonchev–Trinajstić information content (AvgIpc) is 2.84. The van der Waals surface area contributed by atoms with Gasteiger partial charge in [-0.05, 0) is 29.8 Å². The fourth-order valence-corrected chi connectivity index (χ4v) is 4.65. The van der Waals surface area contributed by atoms with Crippen LogP contribution in [-0.2, 0) is 23.2 Å². The van der Waals surface area contributed by atoms with E-state index in [0.29, 0.717) is 9.90 Å². The maximum absolute atomic E-state index is 12.6. The van der Waals surface area contributed by atoms with Gasteiger partial charge in [-0.15, -0.1) is 11.3 Å². The number of benzene rings is 1. The van der Waals surface area contributed by atoms with Crippen LogP contribution in [0.5, 0.6) is 0 Å². The van der Waals surface area contributed by atoms with E-state index >= 15 is 0 Å². The van der Waals surface area contributed by atoms with E-state index in [9.17, 15) is 8.42 Å². The van der Waals surface area contributed by atoms with Gasteiger partial charge in [0.15, 0.2) is 0 Å². The zero-order valence-electron chi connectivity index (χ0n) is 11.1. The Hall–Kier alpha value is -0.630. The van der Waals surface area contributed by atoms with Gasteiger partial charge in [-0.1, -0.05) is 29.3 Å². The van der Waals surface area contributed by atoms with Crippen molar-refractivity contribution in [3.05, 3.63) is 50.1 Å². The Kier molecular flexibility index (Phi) is 5.29. The third-order valence-electron chi connectivity index (χ3n) is 2.87. The summed E-state index contributed by atoms with van der Waals surface area (Å²) in [5.74, 6) is 0. The number of halogens is 2. The van der Waals surface area contributed by atoms with Gasteiger partial charge >= 0.3 is 0 Å². The van der Waals surface area contributed by atoms with Gasteiger partial charge in [0, 0.05) is 18.5 Å². The van der Waals surface area contributed by atoms with Crippen LogP contribution in [0, 0.1) is 0 Å². The summed E-state index contributed by atoms with van der Waals surface area (Å²) >= 11 is 13.2. The van der Waals surface area contributed by atoms with E-state index < -0.39 is 10.0 Å². The van der Waals surface area contributed by atoms with Gasteiger partial charge < -0.3 is 5.11 Å². The molecule has 1 heterocycles. The molecule has 0 saturated carbocycles. The van der Waals surface area contributed by atoms with Crippen LogP contribution in [0.25, 0.3) is 0 Å². The molecule has 0 unspecified atom stereocenters. The molecule has 0 radical (unpaired) electrons. The van der Waals surface area contributed by atoms with Gasteiger partial charge in [-0.3, -0.25) is 0 Å². The van der Waals surface area contributed by atoms with Crippen LogP contribution < -0.4 is 0 Å². The van der Waals surface area contributed by atoms with Crippen LogP contribution in [0.2, 0.25) is 9.36 Å². The highest BCUT2D eigenvalue weighted by Gasteiger charge is 2.24. The Morgan fingerprint density at radius 2 is 1.95 bits per heavy atom. The zero-order valence-corrected chi connectivity index (χ0v) is 14.2. The monoisotopic (exact) mass is 365 g/mol.